The van der Waals surface area contributed by atoms with E-state index in [1.807, 2.05) is 6.07 Å². The molecule has 0 fully saturated rings. The Hall–Kier alpha value is -1.79. The number of nitrogens with zero attached hydrogens (tertiary/aromatic N) is 1. The highest BCUT2D eigenvalue weighted by atomic mass is 32.2. The van der Waals surface area contributed by atoms with Crippen LogP contribution >= 0.6 is 24.0 Å². The summed E-state index contributed by atoms with van der Waals surface area (Å²) in [5.41, 5.74) is 2.12. The molecule has 4 nitrogen and oxygen atoms in total. The fourth-order valence-electron chi connectivity index (χ4n) is 1.72. The van der Waals surface area contributed by atoms with E-state index in [2.05, 4.69) is 46.8 Å². The van der Waals surface area contributed by atoms with E-state index in [4.69, 9.17) is 17.0 Å². The Kier molecular flexibility index (Phi) is 6.48. The van der Waals surface area contributed by atoms with Crippen LogP contribution in [-0.4, -0.2) is 29.5 Å². The smallest absolute Gasteiger partial charge is 0.213 e. The highest BCUT2D eigenvalue weighted by molar-refractivity contribution is 7.99. The summed E-state index contributed by atoms with van der Waals surface area (Å²) >= 11 is 7.06. The van der Waals surface area contributed by atoms with Gasteiger partial charge >= 0.3 is 0 Å². The Morgan fingerprint density at radius 1 is 1.23 bits per heavy atom. The molecule has 0 radical (unpaired) electrons. The van der Waals surface area contributed by atoms with Gasteiger partial charge in [0, 0.05) is 23.3 Å². The van der Waals surface area contributed by atoms with Gasteiger partial charge in [0.1, 0.15) is 0 Å². The van der Waals surface area contributed by atoms with Gasteiger partial charge in [0.15, 0.2) is 5.11 Å². The standard InChI is InChI=1S/C16H19N3OS2/c1-12-3-6-14(7-4-12)22-10-9-17-16(21)19-13-5-8-15(20-2)18-11-13/h3-8,11H,9-10H2,1-2H3,(H2,17,19,21). The van der Waals surface area contributed by atoms with Crippen molar-refractivity contribution in [3.8, 4) is 5.88 Å². The van der Waals surface area contributed by atoms with Crippen molar-refractivity contribution in [2.24, 2.45) is 0 Å². The first kappa shape index (κ1) is 16.6. The van der Waals surface area contributed by atoms with Gasteiger partial charge in [-0.05, 0) is 37.3 Å². The average Bonchev–Trinajstić information content (AvgIpc) is 2.54. The van der Waals surface area contributed by atoms with Crippen LogP contribution in [0.25, 0.3) is 0 Å². The van der Waals surface area contributed by atoms with Gasteiger partial charge < -0.3 is 15.4 Å². The Bertz CT molecular complexity index is 600. The SMILES string of the molecule is COc1ccc(NC(=S)NCCSc2ccc(C)cc2)cn1. The first-order valence-corrected chi connectivity index (χ1v) is 8.31. The summed E-state index contributed by atoms with van der Waals surface area (Å²) < 4.78 is 5.01. The summed E-state index contributed by atoms with van der Waals surface area (Å²) in [6, 6.07) is 12.2. The van der Waals surface area contributed by atoms with Gasteiger partial charge in [0.05, 0.1) is 19.0 Å². The molecule has 0 spiro atoms. The number of thiocarbonyl (C=S) groups is 1. The molecule has 2 rings (SSSR count). The van der Waals surface area contributed by atoms with E-state index in [0.717, 1.165) is 18.0 Å². The second kappa shape index (κ2) is 8.60. The van der Waals surface area contributed by atoms with Crippen LogP contribution in [0, 0.1) is 6.92 Å². The van der Waals surface area contributed by atoms with Crippen LogP contribution in [0.4, 0.5) is 5.69 Å². The van der Waals surface area contributed by atoms with Crippen molar-refractivity contribution in [1.29, 1.82) is 0 Å². The van der Waals surface area contributed by atoms with Gasteiger partial charge in [-0.2, -0.15) is 0 Å². The number of anilines is 1. The molecule has 0 aliphatic rings. The van der Waals surface area contributed by atoms with Crippen LogP contribution in [0.15, 0.2) is 47.5 Å². The Labute approximate surface area is 140 Å². The molecule has 2 aromatic rings. The molecule has 1 heterocycles. The van der Waals surface area contributed by atoms with Crippen LogP contribution in [-0.2, 0) is 0 Å². The molecule has 6 heteroatoms. The molecule has 0 bridgehead atoms. The van der Waals surface area contributed by atoms with Crippen molar-refractivity contribution in [3.63, 3.8) is 0 Å². The van der Waals surface area contributed by atoms with E-state index in [-0.39, 0.29) is 0 Å². The van der Waals surface area contributed by atoms with Crippen molar-refractivity contribution in [3.05, 3.63) is 48.2 Å². The molecule has 1 aromatic heterocycles. The van der Waals surface area contributed by atoms with Crippen LogP contribution in [0.2, 0.25) is 0 Å². The number of hydrogen-bond acceptors (Lipinski definition) is 4. The monoisotopic (exact) mass is 333 g/mol. The number of thioether (sulfide) groups is 1. The molecule has 0 amide bonds. The molecular weight excluding hydrogens is 314 g/mol. The zero-order chi connectivity index (χ0) is 15.8. The third-order valence-corrected chi connectivity index (χ3v) is 4.14. The maximum Gasteiger partial charge on any atom is 0.213 e. The zero-order valence-electron chi connectivity index (χ0n) is 12.6. The van der Waals surface area contributed by atoms with Crippen LogP contribution in [0.3, 0.4) is 0 Å². The molecule has 116 valence electrons. The molecule has 0 atom stereocenters. The van der Waals surface area contributed by atoms with Gasteiger partial charge in [-0.1, -0.05) is 17.7 Å². The number of nitrogens with one attached hydrogen (secondary N) is 2. The molecule has 2 N–H and O–H groups in total. The normalized spacial score (nSPS) is 10.1. The third kappa shape index (κ3) is 5.54. The quantitative estimate of drug-likeness (QED) is 0.479. The number of methoxy groups -OCH3 is 1. The van der Waals surface area contributed by atoms with E-state index < -0.39 is 0 Å². The van der Waals surface area contributed by atoms with E-state index in [1.165, 1.54) is 10.5 Å². The summed E-state index contributed by atoms with van der Waals surface area (Å²) in [5.74, 6) is 1.53. The van der Waals surface area contributed by atoms with Gasteiger partial charge in [0.25, 0.3) is 0 Å². The molecule has 0 saturated carbocycles. The van der Waals surface area contributed by atoms with E-state index in [0.29, 0.717) is 11.0 Å². The van der Waals surface area contributed by atoms with E-state index in [9.17, 15) is 0 Å². The predicted molar refractivity (Wildman–Crippen MR) is 96.9 cm³/mol. The van der Waals surface area contributed by atoms with Crippen molar-refractivity contribution in [2.45, 2.75) is 11.8 Å². The molecular formula is C16H19N3OS2. The average molecular weight is 333 g/mol. The van der Waals surface area contributed by atoms with Crippen LogP contribution in [0.1, 0.15) is 5.56 Å². The fraction of sp³-hybridized carbons (Fsp3) is 0.250. The Morgan fingerprint density at radius 2 is 2.00 bits per heavy atom. The zero-order valence-corrected chi connectivity index (χ0v) is 14.3. The number of benzene rings is 1. The third-order valence-electron chi connectivity index (χ3n) is 2.88. The maximum absolute atomic E-state index is 5.25. The van der Waals surface area contributed by atoms with E-state index in [1.54, 1.807) is 31.1 Å². The van der Waals surface area contributed by atoms with Crippen LogP contribution < -0.4 is 15.4 Å². The molecule has 1 aromatic carbocycles. The number of aryl methyl sites for hydroxylation is 1. The molecule has 0 unspecified atom stereocenters. The van der Waals surface area contributed by atoms with Gasteiger partial charge in [0.2, 0.25) is 5.88 Å². The number of pyridine rings is 1. The van der Waals surface area contributed by atoms with Crippen molar-refractivity contribution >= 4 is 34.8 Å². The molecule has 0 saturated heterocycles. The van der Waals surface area contributed by atoms with E-state index >= 15 is 0 Å². The lowest BCUT2D eigenvalue weighted by Gasteiger charge is -2.10. The second-order valence-electron chi connectivity index (χ2n) is 4.63. The van der Waals surface area contributed by atoms with Gasteiger partial charge in [-0.25, -0.2) is 4.98 Å². The number of ether oxygens (including phenoxy) is 1. The largest absolute Gasteiger partial charge is 0.481 e. The fourth-order valence-corrected chi connectivity index (χ4v) is 2.71. The minimum atomic E-state index is 0.582. The van der Waals surface area contributed by atoms with Crippen molar-refractivity contribution < 1.29 is 4.74 Å². The number of aromatic nitrogens is 1. The van der Waals surface area contributed by atoms with Crippen molar-refractivity contribution in [1.82, 2.24) is 10.3 Å². The maximum atomic E-state index is 5.25. The first-order valence-electron chi connectivity index (χ1n) is 6.92. The summed E-state index contributed by atoms with van der Waals surface area (Å²) in [6.07, 6.45) is 1.69. The number of hydrogen-bond donors (Lipinski definition) is 2. The minimum absolute atomic E-state index is 0.582. The van der Waals surface area contributed by atoms with Gasteiger partial charge in [-0.3, -0.25) is 0 Å². The Balaban J connectivity index is 1.67. The highest BCUT2D eigenvalue weighted by Gasteiger charge is 1.99. The Morgan fingerprint density at radius 3 is 2.64 bits per heavy atom. The summed E-state index contributed by atoms with van der Waals surface area (Å²) in [4.78, 5) is 5.39. The van der Waals surface area contributed by atoms with Gasteiger partial charge in [-0.15, -0.1) is 11.8 Å². The summed E-state index contributed by atoms with van der Waals surface area (Å²) in [5, 5.41) is 6.87. The lowest BCUT2D eigenvalue weighted by atomic mass is 10.2. The lowest BCUT2D eigenvalue weighted by Crippen LogP contribution is -2.30. The molecule has 0 aliphatic carbocycles. The topological polar surface area (TPSA) is 46.2 Å². The first-order chi connectivity index (χ1) is 10.7. The molecule has 0 aliphatic heterocycles. The second-order valence-corrected chi connectivity index (χ2v) is 6.21. The lowest BCUT2D eigenvalue weighted by molar-refractivity contribution is 0.398. The number of rotatable bonds is 6. The van der Waals surface area contributed by atoms with Crippen molar-refractivity contribution in [2.75, 3.05) is 24.7 Å². The summed E-state index contributed by atoms with van der Waals surface area (Å²) in [6.45, 7) is 2.89. The summed E-state index contributed by atoms with van der Waals surface area (Å²) in [7, 11) is 1.59. The molecule has 22 heavy (non-hydrogen) atoms. The predicted octanol–water partition coefficient (Wildman–Crippen LogP) is 3.48. The highest BCUT2D eigenvalue weighted by Crippen LogP contribution is 2.17. The minimum Gasteiger partial charge on any atom is -0.481 e. The van der Waals surface area contributed by atoms with Crippen LogP contribution in [0.5, 0.6) is 5.88 Å².